The van der Waals surface area contributed by atoms with E-state index in [1.807, 2.05) is 5.01 Å². The smallest absolute Gasteiger partial charge is 0.258 e. The van der Waals surface area contributed by atoms with Crippen LogP contribution in [0.2, 0.25) is 0 Å². The summed E-state index contributed by atoms with van der Waals surface area (Å²) in [4.78, 5) is 13.8. The number of hydrogen-bond acceptors (Lipinski definition) is 4. The Morgan fingerprint density at radius 2 is 2.18 bits per heavy atom. The van der Waals surface area contributed by atoms with Crippen molar-refractivity contribution in [2.45, 2.75) is 0 Å². The third-order valence-corrected chi connectivity index (χ3v) is 2.71. The molecule has 2 rings (SSSR count). The fourth-order valence-electron chi connectivity index (χ4n) is 1.66. The number of nitrogens with one attached hydrogen (secondary N) is 1. The van der Waals surface area contributed by atoms with E-state index in [9.17, 15) is 4.79 Å². The van der Waals surface area contributed by atoms with Crippen molar-refractivity contribution < 1.29 is 9.21 Å². The van der Waals surface area contributed by atoms with Crippen LogP contribution in [0.5, 0.6) is 0 Å². The third-order valence-electron chi connectivity index (χ3n) is 2.71. The van der Waals surface area contributed by atoms with Gasteiger partial charge in [0.25, 0.3) is 5.91 Å². The molecule has 2 heterocycles. The summed E-state index contributed by atoms with van der Waals surface area (Å²) < 4.78 is 5.10. The Kier molecular flexibility index (Phi) is 3.95. The molecule has 1 aliphatic heterocycles. The molecule has 1 N–H and O–H groups in total. The molecule has 0 aliphatic carbocycles. The highest BCUT2D eigenvalue weighted by molar-refractivity contribution is 5.90. The second kappa shape index (κ2) is 5.65. The van der Waals surface area contributed by atoms with Gasteiger partial charge >= 0.3 is 0 Å². The topological polar surface area (TPSA) is 48.7 Å². The molecular weight excluding hydrogens is 218 g/mol. The van der Waals surface area contributed by atoms with E-state index in [-0.39, 0.29) is 5.91 Å². The lowest BCUT2D eigenvalue weighted by molar-refractivity contribution is -0.121. The van der Waals surface area contributed by atoms with E-state index in [0.717, 1.165) is 26.2 Å². The molecule has 1 aliphatic rings. The van der Waals surface area contributed by atoms with E-state index in [4.69, 9.17) is 4.42 Å². The van der Waals surface area contributed by atoms with Crippen LogP contribution in [0.4, 0.5) is 0 Å². The highest BCUT2D eigenvalue weighted by atomic mass is 16.3. The van der Waals surface area contributed by atoms with Gasteiger partial charge in [-0.3, -0.25) is 10.2 Å². The Labute approximate surface area is 101 Å². The van der Waals surface area contributed by atoms with E-state index in [1.165, 1.54) is 6.08 Å². The SMILES string of the molecule is CN1CCN(NC(=O)/C=C/c2ccco2)CC1. The lowest BCUT2D eigenvalue weighted by Gasteiger charge is -2.31. The van der Waals surface area contributed by atoms with E-state index >= 15 is 0 Å². The van der Waals surface area contributed by atoms with Crippen molar-refractivity contribution in [3.63, 3.8) is 0 Å². The third kappa shape index (κ3) is 3.72. The zero-order valence-corrected chi connectivity index (χ0v) is 9.93. The maximum atomic E-state index is 11.6. The number of piperazine rings is 1. The standard InChI is InChI=1S/C12H17N3O2/c1-14-6-8-15(9-7-14)13-12(16)5-4-11-3-2-10-17-11/h2-5,10H,6-9H2,1H3,(H,13,16)/b5-4+. The van der Waals surface area contributed by atoms with Crippen molar-refractivity contribution in [2.24, 2.45) is 0 Å². The number of carbonyl (C=O) groups excluding carboxylic acids is 1. The Hall–Kier alpha value is -1.59. The molecular formula is C12H17N3O2. The Morgan fingerprint density at radius 3 is 2.82 bits per heavy atom. The minimum Gasteiger partial charge on any atom is -0.465 e. The van der Waals surface area contributed by atoms with Gasteiger partial charge in [-0.2, -0.15) is 0 Å². The van der Waals surface area contributed by atoms with Gasteiger partial charge in [0.2, 0.25) is 0 Å². The van der Waals surface area contributed by atoms with Gasteiger partial charge in [0.1, 0.15) is 5.76 Å². The molecule has 0 atom stereocenters. The number of furan rings is 1. The summed E-state index contributed by atoms with van der Waals surface area (Å²) in [5, 5.41) is 1.94. The first kappa shape index (κ1) is 11.9. The fourth-order valence-corrected chi connectivity index (χ4v) is 1.66. The van der Waals surface area contributed by atoms with Crippen LogP contribution in [-0.4, -0.2) is 49.0 Å². The highest BCUT2D eigenvalue weighted by Gasteiger charge is 2.14. The zero-order chi connectivity index (χ0) is 12.1. The maximum Gasteiger partial charge on any atom is 0.258 e. The van der Waals surface area contributed by atoms with E-state index in [0.29, 0.717) is 5.76 Å². The predicted octanol–water partition coefficient (Wildman–Crippen LogP) is 0.571. The summed E-state index contributed by atoms with van der Waals surface area (Å²) in [6.07, 6.45) is 4.72. The molecule has 1 aromatic rings. The maximum absolute atomic E-state index is 11.6. The van der Waals surface area contributed by atoms with Gasteiger partial charge in [-0.25, -0.2) is 5.01 Å². The molecule has 0 spiro atoms. The van der Waals surface area contributed by atoms with Crippen molar-refractivity contribution in [3.05, 3.63) is 30.2 Å². The van der Waals surface area contributed by atoms with Crippen LogP contribution in [0.15, 0.2) is 28.9 Å². The lowest BCUT2D eigenvalue weighted by atomic mass is 10.4. The van der Waals surface area contributed by atoms with Crippen LogP contribution in [-0.2, 0) is 4.79 Å². The fraction of sp³-hybridized carbons (Fsp3) is 0.417. The van der Waals surface area contributed by atoms with Gasteiger partial charge in [0, 0.05) is 32.3 Å². The second-order valence-electron chi connectivity index (χ2n) is 4.12. The number of nitrogens with zero attached hydrogens (tertiary/aromatic N) is 2. The van der Waals surface area contributed by atoms with Gasteiger partial charge in [-0.05, 0) is 25.3 Å². The van der Waals surface area contributed by atoms with Gasteiger partial charge in [0.15, 0.2) is 0 Å². The molecule has 0 radical (unpaired) electrons. The summed E-state index contributed by atoms with van der Waals surface area (Å²) in [5.74, 6) is 0.560. The van der Waals surface area contributed by atoms with E-state index < -0.39 is 0 Å². The summed E-state index contributed by atoms with van der Waals surface area (Å²) in [6, 6.07) is 3.59. The Morgan fingerprint density at radius 1 is 1.41 bits per heavy atom. The van der Waals surface area contributed by atoms with E-state index in [2.05, 4.69) is 17.4 Å². The number of rotatable bonds is 3. The van der Waals surface area contributed by atoms with Crippen LogP contribution in [0.3, 0.4) is 0 Å². The molecule has 5 nitrogen and oxygen atoms in total. The molecule has 0 unspecified atom stereocenters. The van der Waals surface area contributed by atoms with Gasteiger partial charge in [-0.1, -0.05) is 0 Å². The van der Waals surface area contributed by atoms with Crippen LogP contribution in [0, 0.1) is 0 Å². The van der Waals surface area contributed by atoms with Crippen LogP contribution < -0.4 is 5.43 Å². The van der Waals surface area contributed by atoms with Crippen molar-refractivity contribution >= 4 is 12.0 Å². The second-order valence-corrected chi connectivity index (χ2v) is 4.12. The average molecular weight is 235 g/mol. The van der Waals surface area contributed by atoms with Crippen LogP contribution in [0.25, 0.3) is 6.08 Å². The lowest BCUT2D eigenvalue weighted by Crippen LogP contribution is -2.52. The summed E-state index contributed by atoms with van der Waals surface area (Å²) in [7, 11) is 2.08. The molecule has 0 bridgehead atoms. The summed E-state index contributed by atoms with van der Waals surface area (Å²) >= 11 is 0. The van der Waals surface area contributed by atoms with Gasteiger partial charge < -0.3 is 9.32 Å². The number of carbonyl (C=O) groups is 1. The number of hydrazine groups is 1. The van der Waals surface area contributed by atoms with Crippen molar-refractivity contribution in [2.75, 3.05) is 33.2 Å². The monoisotopic (exact) mass is 235 g/mol. The van der Waals surface area contributed by atoms with Gasteiger partial charge in [-0.15, -0.1) is 0 Å². The highest BCUT2D eigenvalue weighted by Crippen LogP contribution is 2.02. The summed E-state index contributed by atoms with van der Waals surface area (Å²) in [6.45, 7) is 3.66. The van der Waals surface area contributed by atoms with Crippen LogP contribution >= 0.6 is 0 Å². The number of hydrogen-bond donors (Lipinski definition) is 1. The largest absolute Gasteiger partial charge is 0.465 e. The van der Waals surface area contributed by atoms with E-state index in [1.54, 1.807) is 24.5 Å². The Bertz CT molecular complexity index is 378. The quantitative estimate of drug-likeness (QED) is 0.778. The first-order valence-corrected chi connectivity index (χ1v) is 5.70. The molecule has 5 heteroatoms. The van der Waals surface area contributed by atoms with Gasteiger partial charge in [0.05, 0.1) is 6.26 Å². The molecule has 0 aromatic carbocycles. The molecule has 17 heavy (non-hydrogen) atoms. The van der Waals surface area contributed by atoms with Crippen LogP contribution in [0.1, 0.15) is 5.76 Å². The summed E-state index contributed by atoms with van der Waals surface area (Å²) in [5.41, 5.74) is 2.84. The number of amides is 1. The first-order chi connectivity index (χ1) is 8.24. The molecule has 1 amide bonds. The Balaban J connectivity index is 1.77. The molecule has 92 valence electrons. The minimum atomic E-state index is -0.119. The average Bonchev–Trinajstić information content (AvgIpc) is 2.83. The number of likely N-dealkylation sites (N-methyl/N-ethyl adjacent to an activating group) is 1. The normalized spacial score (nSPS) is 18.6. The van der Waals surface area contributed by atoms with Crippen molar-refractivity contribution in [1.82, 2.24) is 15.3 Å². The molecule has 1 aromatic heterocycles. The van der Waals surface area contributed by atoms with Crippen molar-refractivity contribution in [1.29, 1.82) is 0 Å². The molecule has 0 saturated carbocycles. The zero-order valence-electron chi connectivity index (χ0n) is 9.93. The molecule has 1 fully saturated rings. The first-order valence-electron chi connectivity index (χ1n) is 5.70. The predicted molar refractivity (Wildman–Crippen MR) is 65.0 cm³/mol. The van der Waals surface area contributed by atoms with Crippen molar-refractivity contribution in [3.8, 4) is 0 Å². The minimum absolute atomic E-state index is 0.119. The molecule has 1 saturated heterocycles.